The molecular formula is C14H23N3O. The van der Waals surface area contributed by atoms with Gasteiger partial charge in [-0.2, -0.15) is 0 Å². The summed E-state index contributed by atoms with van der Waals surface area (Å²) in [6.45, 7) is 2.77. The molecule has 2 atom stereocenters. The number of nitrogen functional groups attached to an aromatic ring is 2. The average molecular weight is 249 g/mol. The van der Waals surface area contributed by atoms with Gasteiger partial charge in [0.1, 0.15) is 0 Å². The molecule has 0 aliphatic heterocycles. The van der Waals surface area contributed by atoms with Gasteiger partial charge in [0.2, 0.25) is 0 Å². The lowest BCUT2D eigenvalue weighted by molar-refractivity contribution is -0.000760. The van der Waals surface area contributed by atoms with Crippen LogP contribution in [0.25, 0.3) is 0 Å². The highest BCUT2D eigenvalue weighted by Gasteiger charge is 2.32. The minimum Gasteiger partial charge on any atom is -0.397 e. The molecule has 0 heterocycles. The number of hydrogen-bond donors (Lipinski definition) is 4. The van der Waals surface area contributed by atoms with Crippen molar-refractivity contribution in [2.75, 3.05) is 23.3 Å². The third-order valence-corrected chi connectivity index (χ3v) is 3.78. The summed E-state index contributed by atoms with van der Waals surface area (Å²) >= 11 is 0. The van der Waals surface area contributed by atoms with E-state index in [9.17, 15) is 5.11 Å². The van der Waals surface area contributed by atoms with Crippen molar-refractivity contribution in [1.29, 1.82) is 0 Å². The lowest BCUT2D eigenvalue weighted by Crippen LogP contribution is -2.41. The molecule has 1 aromatic carbocycles. The molecule has 1 aromatic rings. The van der Waals surface area contributed by atoms with Crippen LogP contribution in [0, 0.1) is 5.92 Å². The molecular weight excluding hydrogens is 226 g/mol. The van der Waals surface area contributed by atoms with Crippen molar-refractivity contribution in [1.82, 2.24) is 0 Å². The maximum absolute atomic E-state index is 10.5. The Morgan fingerprint density at radius 3 is 2.83 bits per heavy atom. The highest BCUT2D eigenvalue weighted by atomic mass is 16.3. The smallest absolute Gasteiger partial charge is 0.0821 e. The zero-order valence-electron chi connectivity index (χ0n) is 10.9. The Bertz CT molecular complexity index is 422. The fourth-order valence-corrected chi connectivity index (χ4v) is 2.74. The second-order valence-corrected chi connectivity index (χ2v) is 5.62. The summed E-state index contributed by atoms with van der Waals surface area (Å²) in [6, 6.07) is 5.48. The zero-order chi connectivity index (χ0) is 13.2. The van der Waals surface area contributed by atoms with Gasteiger partial charge in [0.05, 0.1) is 17.0 Å². The highest BCUT2D eigenvalue weighted by molar-refractivity contribution is 5.69. The van der Waals surface area contributed by atoms with Crippen molar-refractivity contribution in [3.05, 3.63) is 18.2 Å². The Balaban J connectivity index is 1.96. The largest absolute Gasteiger partial charge is 0.397 e. The van der Waals surface area contributed by atoms with Crippen molar-refractivity contribution >= 4 is 17.1 Å². The fraction of sp³-hybridized carbons (Fsp3) is 0.571. The van der Waals surface area contributed by atoms with Crippen LogP contribution in [-0.4, -0.2) is 17.3 Å². The minimum absolute atomic E-state index is 0.570. The average Bonchev–Trinajstić information content (AvgIpc) is 2.31. The van der Waals surface area contributed by atoms with E-state index >= 15 is 0 Å². The van der Waals surface area contributed by atoms with Gasteiger partial charge in [0, 0.05) is 12.2 Å². The molecule has 1 saturated carbocycles. The molecule has 0 radical (unpaired) electrons. The number of rotatable bonds is 3. The molecule has 2 unspecified atom stereocenters. The van der Waals surface area contributed by atoms with Gasteiger partial charge < -0.3 is 21.9 Å². The SMILES string of the molecule is CC1CCCC(O)(CNc2ccc(N)c(N)c2)C1. The minimum atomic E-state index is -0.589. The molecule has 0 spiro atoms. The predicted molar refractivity (Wildman–Crippen MR) is 76.3 cm³/mol. The third kappa shape index (κ3) is 3.07. The summed E-state index contributed by atoms with van der Waals surface area (Å²) in [5, 5.41) is 13.8. The third-order valence-electron chi connectivity index (χ3n) is 3.78. The fourth-order valence-electron chi connectivity index (χ4n) is 2.74. The van der Waals surface area contributed by atoms with Crippen LogP contribution in [0.3, 0.4) is 0 Å². The summed E-state index contributed by atoms with van der Waals surface area (Å²) < 4.78 is 0. The Morgan fingerprint density at radius 2 is 2.17 bits per heavy atom. The molecule has 2 rings (SSSR count). The van der Waals surface area contributed by atoms with Crippen molar-refractivity contribution in [2.45, 2.75) is 38.2 Å². The van der Waals surface area contributed by atoms with Crippen molar-refractivity contribution < 1.29 is 5.11 Å². The summed E-state index contributed by atoms with van der Waals surface area (Å²) in [5.41, 5.74) is 12.9. The van der Waals surface area contributed by atoms with E-state index < -0.39 is 5.60 Å². The molecule has 1 aliphatic rings. The first kappa shape index (κ1) is 13.0. The molecule has 4 heteroatoms. The van der Waals surface area contributed by atoms with E-state index in [0.717, 1.165) is 24.9 Å². The molecule has 18 heavy (non-hydrogen) atoms. The van der Waals surface area contributed by atoms with Crippen LogP contribution in [0.2, 0.25) is 0 Å². The lowest BCUT2D eigenvalue weighted by Gasteiger charge is -2.35. The maximum atomic E-state index is 10.5. The number of aliphatic hydroxyl groups is 1. The summed E-state index contributed by atoms with van der Waals surface area (Å²) in [6.07, 6.45) is 4.06. The molecule has 0 saturated heterocycles. The monoisotopic (exact) mass is 249 g/mol. The van der Waals surface area contributed by atoms with Crippen molar-refractivity contribution in [3.8, 4) is 0 Å². The molecule has 0 bridgehead atoms. The highest BCUT2D eigenvalue weighted by Crippen LogP contribution is 2.32. The van der Waals surface area contributed by atoms with E-state index in [4.69, 9.17) is 11.5 Å². The second-order valence-electron chi connectivity index (χ2n) is 5.62. The number of nitrogens with two attached hydrogens (primary N) is 2. The molecule has 100 valence electrons. The van der Waals surface area contributed by atoms with Crippen LogP contribution >= 0.6 is 0 Å². The number of nitrogens with one attached hydrogen (secondary N) is 1. The van der Waals surface area contributed by atoms with Gasteiger partial charge in [-0.25, -0.2) is 0 Å². The lowest BCUT2D eigenvalue weighted by atomic mass is 9.79. The van der Waals surface area contributed by atoms with Gasteiger partial charge in [-0.3, -0.25) is 0 Å². The van der Waals surface area contributed by atoms with Crippen LogP contribution in [0.1, 0.15) is 32.6 Å². The van der Waals surface area contributed by atoms with Gasteiger partial charge in [0.15, 0.2) is 0 Å². The molecule has 1 aliphatic carbocycles. The normalized spacial score (nSPS) is 28.0. The number of hydrogen-bond acceptors (Lipinski definition) is 4. The molecule has 1 fully saturated rings. The quantitative estimate of drug-likeness (QED) is 0.619. The van der Waals surface area contributed by atoms with Crippen molar-refractivity contribution in [2.24, 2.45) is 5.92 Å². The summed E-state index contributed by atoms with van der Waals surface area (Å²) in [4.78, 5) is 0. The predicted octanol–water partition coefficient (Wildman–Crippen LogP) is 2.20. The van der Waals surface area contributed by atoms with Gasteiger partial charge in [-0.15, -0.1) is 0 Å². The van der Waals surface area contributed by atoms with Gasteiger partial charge in [-0.1, -0.05) is 19.8 Å². The Kier molecular flexibility index (Phi) is 3.66. The first-order valence-corrected chi connectivity index (χ1v) is 6.60. The zero-order valence-corrected chi connectivity index (χ0v) is 10.9. The van der Waals surface area contributed by atoms with E-state index in [1.54, 1.807) is 6.07 Å². The van der Waals surface area contributed by atoms with E-state index in [-0.39, 0.29) is 0 Å². The van der Waals surface area contributed by atoms with Crippen LogP contribution in [-0.2, 0) is 0 Å². The van der Waals surface area contributed by atoms with E-state index in [1.165, 1.54) is 6.42 Å². The van der Waals surface area contributed by atoms with Crippen LogP contribution in [0.4, 0.5) is 17.1 Å². The van der Waals surface area contributed by atoms with Gasteiger partial charge in [-0.05, 0) is 37.0 Å². The van der Waals surface area contributed by atoms with Gasteiger partial charge in [0.25, 0.3) is 0 Å². The number of benzene rings is 1. The van der Waals surface area contributed by atoms with E-state index in [2.05, 4.69) is 12.2 Å². The van der Waals surface area contributed by atoms with Crippen molar-refractivity contribution in [3.63, 3.8) is 0 Å². The molecule has 0 aromatic heterocycles. The summed E-state index contributed by atoms with van der Waals surface area (Å²) in [7, 11) is 0. The van der Waals surface area contributed by atoms with Crippen LogP contribution in [0.15, 0.2) is 18.2 Å². The molecule has 4 nitrogen and oxygen atoms in total. The van der Waals surface area contributed by atoms with Crippen LogP contribution in [0.5, 0.6) is 0 Å². The van der Waals surface area contributed by atoms with Crippen LogP contribution < -0.4 is 16.8 Å². The van der Waals surface area contributed by atoms with E-state index in [1.807, 2.05) is 12.1 Å². The maximum Gasteiger partial charge on any atom is 0.0821 e. The number of anilines is 3. The Labute approximate surface area is 108 Å². The topological polar surface area (TPSA) is 84.3 Å². The first-order valence-electron chi connectivity index (χ1n) is 6.60. The Morgan fingerprint density at radius 1 is 1.39 bits per heavy atom. The van der Waals surface area contributed by atoms with Gasteiger partial charge >= 0.3 is 0 Å². The standard InChI is InChI=1S/C14H23N3O/c1-10-3-2-6-14(18,8-10)9-17-11-4-5-12(15)13(16)7-11/h4-5,7,10,17-18H,2-3,6,8-9,15-16H2,1H3. The molecule has 6 N–H and O–H groups in total. The first-order chi connectivity index (χ1) is 8.48. The summed E-state index contributed by atoms with van der Waals surface area (Å²) in [5.74, 6) is 0.599. The van der Waals surface area contributed by atoms with E-state index in [0.29, 0.717) is 23.8 Å². The molecule has 0 amide bonds. The second kappa shape index (κ2) is 5.06. The Hall–Kier alpha value is -1.42.